The number of rotatable bonds is 5. The number of nitrogens with zero attached hydrogens (tertiary/aromatic N) is 2. The quantitative estimate of drug-likeness (QED) is 0.612. The van der Waals surface area contributed by atoms with Crippen molar-refractivity contribution in [3.63, 3.8) is 0 Å². The molecule has 0 saturated carbocycles. The van der Waals surface area contributed by atoms with Crippen LogP contribution in [0.3, 0.4) is 0 Å². The fourth-order valence-electron chi connectivity index (χ4n) is 2.59. The van der Waals surface area contributed by atoms with Gasteiger partial charge < -0.3 is 4.74 Å². The molecule has 2 aromatic heterocycles. The van der Waals surface area contributed by atoms with E-state index in [4.69, 9.17) is 9.72 Å². The number of hydrogen-bond donors (Lipinski definition) is 0. The number of esters is 1. The normalized spacial score (nSPS) is 10.7. The fourth-order valence-corrected chi connectivity index (χ4v) is 3.59. The number of methoxy groups -OCH3 is 1. The number of pyridine rings is 1. The lowest BCUT2D eigenvalue weighted by Crippen LogP contribution is -2.00. The Morgan fingerprint density at radius 3 is 2.60 bits per heavy atom. The third-order valence-electron chi connectivity index (χ3n) is 3.89. The largest absolute Gasteiger partial charge is 0.465 e. The van der Waals surface area contributed by atoms with E-state index in [1.807, 2.05) is 43.3 Å². The minimum atomic E-state index is -0.359. The van der Waals surface area contributed by atoms with Gasteiger partial charge in [-0.1, -0.05) is 43.2 Å². The molecule has 0 aliphatic rings. The molecular weight excluding hydrogens is 332 g/mol. The van der Waals surface area contributed by atoms with Crippen LogP contribution in [0.15, 0.2) is 42.6 Å². The first-order valence-corrected chi connectivity index (χ1v) is 9.05. The Labute approximate surface area is 151 Å². The highest BCUT2D eigenvalue weighted by molar-refractivity contribution is 7.17. The van der Waals surface area contributed by atoms with Crippen molar-refractivity contribution in [2.45, 2.75) is 26.7 Å². The van der Waals surface area contributed by atoms with Gasteiger partial charge >= 0.3 is 5.97 Å². The zero-order valence-corrected chi connectivity index (χ0v) is 15.4. The summed E-state index contributed by atoms with van der Waals surface area (Å²) in [6.45, 7) is 4.16. The van der Waals surface area contributed by atoms with Crippen LogP contribution in [0, 0.1) is 6.92 Å². The lowest BCUT2D eigenvalue weighted by atomic mass is 10.1. The van der Waals surface area contributed by atoms with Crippen molar-refractivity contribution in [3.8, 4) is 21.8 Å². The molecule has 0 saturated heterocycles. The first kappa shape index (κ1) is 17.3. The first-order valence-electron chi connectivity index (χ1n) is 8.24. The smallest absolute Gasteiger partial charge is 0.350 e. The first-order chi connectivity index (χ1) is 12.1. The van der Waals surface area contributed by atoms with Crippen LogP contribution in [0.2, 0.25) is 0 Å². The molecule has 25 heavy (non-hydrogen) atoms. The number of carbonyl (C=O) groups is 1. The van der Waals surface area contributed by atoms with Gasteiger partial charge in [-0.3, -0.25) is 4.98 Å². The van der Waals surface area contributed by atoms with Crippen molar-refractivity contribution in [3.05, 3.63) is 58.7 Å². The SMILES string of the molecule is CCCc1cc(-c2nc(-c3ccc(C)cc3)c(C(=O)OC)s2)ccn1. The molecule has 5 heteroatoms. The maximum atomic E-state index is 12.2. The Bertz CT molecular complexity index is 885. The summed E-state index contributed by atoms with van der Waals surface area (Å²) in [5.74, 6) is -0.359. The van der Waals surface area contributed by atoms with Crippen LogP contribution in [0.5, 0.6) is 0 Å². The molecule has 0 spiro atoms. The molecule has 0 N–H and O–H groups in total. The van der Waals surface area contributed by atoms with Gasteiger partial charge in [0, 0.05) is 23.0 Å². The van der Waals surface area contributed by atoms with Gasteiger partial charge in [0.2, 0.25) is 0 Å². The van der Waals surface area contributed by atoms with Crippen LogP contribution in [0.1, 0.15) is 34.3 Å². The number of benzene rings is 1. The standard InChI is InChI=1S/C20H20N2O2S/c1-4-5-16-12-15(10-11-21-16)19-22-17(18(25-19)20(23)24-3)14-8-6-13(2)7-9-14/h6-12H,4-5H2,1-3H3. The minimum Gasteiger partial charge on any atom is -0.465 e. The minimum absolute atomic E-state index is 0.359. The monoisotopic (exact) mass is 352 g/mol. The lowest BCUT2D eigenvalue weighted by molar-refractivity contribution is 0.0607. The predicted octanol–water partition coefficient (Wildman–Crippen LogP) is 4.92. The van der Waals surface area contributed by atoms with Crippen LogP contribution in [-0.2, 0) is 11.2 Å². The summed E-state index contributed by atoms with van der Waals surface area (Å²) in [5.41, 5.74) is 4.76. The molecule has 1 aromatic carbocycles. The van der Waals surface area contributed by atoms with Crippen molar-refractivity contribution in [2.24, 2.45) is 0 Å². The summed E-state index contributed by atoms with van der Waals surface area (Å²) in [7, 11) is 1.40. The van der Waals surface area contributed by atoms with Crippen molar-refractivity contribution < 1.29 is 9.53 Å². The summed E-state index contributed by atoms with van der Waals surface area (Å²) in [4.78, 5) is 21.9. The number of aromatic nitrogens is 2. The number of hydrogen-bond acceptors (Lipinski definition) is 5. The molecule has 0 fully saturated rings. The molecular formula is C20H20N2O2S. The Kier molecular flexibility index (Phi) is 5.24. The molecule has 0 aliphatic carbocycles. The highest BCUT2D eigenvalue weighted by atomic mass is 32.1. The third-order valence-corrected chi connectivity index (χ3v) is 4.98. The summed E-state index contributed by atoms with van der Waals surface area (Å²) in [6, 6.07) is 12.0. The molecule has 0 bridgehead atoms. The van der Waals surface area contributed by atoms with E-state index in [0.717, 1.165) is 40.2 Å². The van der Waals surface area contributed by atoms with E-state index >= 15 is 0 Å². The fraction of sp³-hybridized carbons (Fsp3) is 0.250. The van der Waals surface area contributed by atoms with Gasteiger partial charge in [0.1, 0.15) is 9.88 Å². The van der Waals surface area contributed by atoms with Crippen molar-refractivity contribution in [1.29, 1.82) is 0 Å². The van der Waals surface area contributed by atoms with Crippen LogP contribution in [0.25, 0.3) is 21.8 Å². The number of carbonyl (C=O) groups excluding carboxylic acids is 1. The summed E-state index contributed by atoms with van der Waals surface area (Å²) in [6.07, 6.45) is 3.76. The second kappa shape index (κ2) is 7.57. The van der Waals surface area contributed by atoms with Crippen LogP contribution >= 0.6 is 11.3 Å². The zero-order chi connectivity index (χ0) is 17.8. The summed E-state index contributed by atoms with van der Waals surface area (Å²) in [5, 5.41) is 0.802. The van der Waals surface area contributed by atoms with Crippen LogP contribution in [0.4, 0.5) is 0 Å². The van der Waals surface area contributed by atoms with Gasteiger partial charge in [-0.15, -0.1) is 11.3 Å². The van der Waals surface area contributed by atoms with Crippen molar-refractivity contribution in [2.75, 3.05) is 7.11 Å². The average Bonchev–Trinajstić information content (AvgIpc) is 3.07. The van der Waals surface area contributed by atoms with Gasteiger partial charge in [-0.2, -0.15) is 0 Å². The average molecular weight is 352 g/mol. The van der Waals surface area contributed by atoms with Gasteiger partial charge in [0.25, 0.3) is 0 Å². The molecule has 4 nitrogen and oxygen atoms in total. The third kappa shape index (κ3) is 3.77. The molecule has 3 rings (SSSR count). The summed E-state index contributed by atoms with van der Waals surface area (Å²) < 4.78 is 4.95. The zero-order valence-electron chi connectivity index (χ0n) is 14.6. The topological polar surface area (TPSA) is 52.1 Å². The van der Waals surface area contributed by atoms with E-state index in [1.165, 1.54) is 18.4 Å². The van der Waals surface area contributed by atoms with E-state index in [0.29, 0.717) is 10.6 Å². The molecule has 3 aromatic rings. The summed E-state index contributed by atoms with van der Waals surface area (Å²) >= 11 is 1.36. The lowest BCUT2D eigenvalue weighted by Gasteiger charge is -2.01. The van der Waals surface area contributed by atoms with Crippen molar-refractivity contribution in [1.82, 2.24) is 9.97 Å². The highest BCUT2D eigenvalue weighted by Gasteiger charge is 2.21. The van der Waals surface area contributed by atoms with Gasteiger partial charge in [0.05, 0.1) is 12.8 Å². The molecule has 0 atom stereocenters. The predicted molar refractivity (Wildman–Crippen MR) is 101 cm³/mol. The maximum Gasteiger partial charge on any atom is 0.350 e. The second-order valence-electron chi connectivity index (χ2n) is 5.84. The van der Waals surface area contributed by atoms with E-state index < -0.39 is 0 Å². The molecule has 0 amide bonds. The second-order valence-corrected chi connectivity index (χ2v) is 6.84. The maximum absolute atomic E-state index is 12.2. The van der Waals surface area contributed by atoms with Crippen molar-refractivity contribution >= 4 is 17.3 Å². The molecule has 128 valence electrons. The van der Waals surface area contributed by atoms with E-state index in [-0.39, 0.29) is 5.97 Å². The van der Waals surface area contributed by atoms with E-state index in [1.54, 1.807) is 6.20 Å². The van der Waals surface area contributed by atoms with Crippen LogP contribution in [-0.4, -0.2) is 23.0 Å². The molecule has 2 heterocycles. The Morgan fingerprint density at radius 2 is 1.92 bits per heavy atom. The number of thiazole rings is 1. The Hall–Kier alpha value is -2.53. The van der Waals surface area contributed by atoms with E-state index in [2.05, 4.69) is 11.9 Å². The Balaban J connectivity index is 2.08. The van der Waals surface area contributed by atoms with Gasteiger partial charge in [0.15, 0.2) is 0 Å². The highest BCUT2D eigenvalue weighted by Crippen LogP contribution is 2.34. The van der Waals surface area contributed by atoms with Gasteiger partial charge in [-0.25, -0.2) is 9.78 Å². The van der Waals surface area contributed by atoms with Crippen LogP contribution < -0.4 is 0 Å². The molecule has 0 unspecified atom stereocenters. The number of aryl methyl sites for hydroxylation is 2. The van der Waals surface area contributed by atoms with Gasteiger partial charge in [-0.05, 0) is 25.5 Å². The number of ether oxygens (including phenoxy) is 1. The molecule has 0 radical (unpaired) electrons. The Morgan fingerprint density at radius 1 is 1.16 bits per heavy atom. The van der Waals surface area contributed by atoms with E-state index in [9.17, 15) is 4.79 Å². The molecule has 0 aliphatic heterocycles.